The Morgan fingerprint density at radius 2 is 1.86 bits per heavy atom. The van der Waals surface area contributed by atoms with Gasteiger partial charge in [0.25, 0.3) is 0 Å². The summed E-state index contributed by atoms with van der Waals surface area (Å²) >= 11 is 0. The zero-order valence-electron chi connectivity index (χ0n) is 13.3. The maximum absolute atomic E-state index is 6.19. The molecule has 0 aliphatic carbocycles. The lowest BCUT2D eigenvalue weighted by Gasteiger charge is -2.17. The number of nitrogens with two attached hydrogens (primary N) is 1. The van der Waals surface area contributed by atoms with E-state index in [4.69, 9.17) is 10.5 Å². The predicted molar refractivity (Wildman–Crippen MR) is 90.9 cm³/mol. The minimum Gasteiger partial charge on any atom is -0.493 e. The van der Waals surface area contributed by atoms with Crippen LogP contribution in [-0.2, 0) is 6.42 Å². The number of ether oxygens (including phenoxy) is 1. The number of benzene rings is 2. The average Bonchev–Trinajstić information content (AvgIpc) is 2.53. The van der Waals surface area contributed by atoms with Crippen LogP contribution in [0, 0.1) is 0 Å². The molecule has 2 N–H and O–H groups in total. The van der Waals surface area contributed by atoms with E-state index in [1.165, 1.54) is 29.2 Å². The van der Waals surface area contributed by atoms with Gasteiger partial charge in [-0.1, -0.05) is 57.0 Å². The molecule has 1 unspecified atom stereocenters. The lowest BCUT2D eigenvalue weighted by Crippen LogP contribution is -2.22. The van der Waals surface area contributed by atoms with Crippen LogP contribution in [0.5, 0.6) is 5.75 Å². The van der Waals surface area contributed by atoms with Crippen molar-refractivity contribution < 1.29 is 4.74 Å². The Bertz CT molecular complexity index is 564. The molecular formula is C19H27NO. The highest BCUT2D eigenvalue weighted by atomic mass is 16.5. The van der Waals surface area contributed by atoms with Gasteiger partial charge >= 0.3 is 0 Å². The minimum atomic E-state index is 0.189. The summed E-state index contributed by atoms with van der Waals surface area (Å²) in [6.45, 7) is 5.14. The molecule has 0 fully saturated rings. The van der Waals surface area contributed by atoms with E-state index in [-0.39, 0.29) is 6.04 Å². The van der Waals surface area contributed by atoms with Crippen molar-refractivity contribution in [2.45, 2.75) is 52.0 Å². The molecule has 2 aromatic rings. The molecule has 2 rings (SSSR count). The van der Waals surface area contributed by atoms with Crippen molar-refractivity contribution in [2.75, 3.05) is 6.61 Å². The van der Waals surface area contributed by atoms with Crippen molar-refractivity contribution in [3.05, 3.63) is 42.0 Å². The van der Waals surface area contributed by atoms with E-state index in [0.717, 1.165) is 31.6 Å². The lowest BCUT2D eigenvalue weighted by atomic mass is 9.97. The summed E-state index contributed by atoms with van der Waals surface area (Å²) in [6, 6.07) is 12.9. The average molecular weight is 285 g/mol. The standard InChI is InChI=1S/C19H27NO/c1-3-5-8-13-21-19-12-11-15-9-6-7-10-17(15)18(19)14-16(20)4-2/h6-7,9-12,16H,3-5,8,13-14,20H2,1-2H3. The molecule has 2 heteroatoms. The molecule has 0 aliphatic rings. The molecule has 1 atom stereocenters. The van der Waals surface area contributed by atoms with Gasteiger partial charge in [0.2, 0.25) is 0 Å². The molecule has 0 aliphatic heterocycles. The molecule has 0 aromatic heterocycles. The number of unbranched alkanes of at least 4 members (excludes halogenated alkanes) is 2. The molecule has 21 heavy (non-hydrogen) atoms. The Kier molecular flexibility index (Phi) is 6.06. The second-order valence-corrected chi connectivity index (χ2v) is 5.69. The van der Waals surface area contributed by atoms with Crippen LogP contribution in [0.2, 0.25) is 0 Å². The fourth-order valence-electron chi connectivity index (χ4n) is 2.60. The molecule has 0 spiro atoms. The summed E-state index contributed by atoms with van der Waals surface area (Å²) in [6.07, 6.45) is 5.41. The quantitative estimate of drug-likeness (QED) is 0.714. The molecule has 0 saturated carbocycles. The van der Waals surface area contributed by atoms with Gasteiger partial charge in [0.1, 0.15) is 5.75 Å². The Morgan fingerprint density at radius 3 is 2.62 bits per heavy atom. The van der Waals surface area contributed by atoms with Crippen LogP contribution in [-0.4, -0.2) is 12.6 Å². The Hall–Kier alpha value is -1.54. The van der Waals surface area contributed by atoms with Crippen molar-refractivity contribution in [1.29, 1.82) is 0 Å². The number of hydrogen-bond donors (Lipinski definition) is 1. The molecule has 0 amide bonds. The summed E-state index contributed by atoms with van der Waals surface area (Å²) in [5.74, 6) is 1.01. The summed E-state index contributed by atoms with van der Waals surface area (Å²) in [7, 11) is 0. The van der Waals surface area contributed by atoms with Crippen LogP contribution >= 0.6 is 0 Å². The number of hydrogen-bond acceptors (Lipinski definition) is 2. The molecule has 0 bridgehead atoms. The number of fused-ring (bicyclic) bond motifs is 1. The van der Waals surface area contributed by atoms with E-state index < -0.39 is 0 Å². The Morgan fingerprint density at radius 1 is 1.05 bits per heavy atom. The molecule has 0 saturated heterocycles. The zero-order valence-corrected chi connectivity index (χ0v) is 13.3. The third kappa shape index (κ3) is 4.21. The van der Waals surface area contributed by atoms with E-state index >= 15 is 0 Å². The molecule has 0 radical (unpaired) electrons. The molecular weight excluding hydrogens is 258 g/mol. The highest BCUT2D eigenvalue weighted by Gasteiger charge is 2.12. The predicted octanol–water partition coefficient (Wildman–Crippen LogP) is 4.69. The maximum atomic E-state index is 6.19. The minimum absolute atomic E-state index is 0.189. The van der Waals surface area contributed by atoms with Gasteiger partial charge in [-0.25, -0.2) is 0 Å². The van der Waals surface area contributed by atoms with Crippen molar-refractivity contribution in [2.24, 2.45) is 5.73 Å². The first-order valence-electron chi connectivity index (χ1n) is 8.15. The van der Waals surface area contributed by atoms with Gasteiger partial charge in [-0.05, 0) is 36.1 Å². The van der Waals surface area contributed by atoms with Gasteiger partial charge in [-0.15, -0.1) is 0 Å². The van der Waals surface area contributed by atoms with E-state index in [0.29, 0.717) is 0 Å². The topological polar surface area (TPSA) is 35.2 Å². The van der Waals surface area contributed by atoms with E-state index in [2.05, 4.69) is 50.2 Å². The van der Waals surface area contributed by atoms with Gasteiger partial charge in [0, 0.05) is 11.6 Å². The molecule has 2 nitrogen and oxygen atoms in total. The van der Waals surface area contributed by atoms with Gasteiger partial charge in [-0.3, -0.25) is 0 Å². The van der Waals surface area contributed by atoms with Crippen LogP contribution in [0.4, 0.5) is 0 Å². The van der Waals surface area contributed by atoms with Crippen molar-refractivity contribution >= 4 is 10.8 Å². The Balaban J connectivity index is 2.27. The maximum Gasteiger partial charge on any atom is 0.123 e. The highest BCUT2D eigenvalue weighted by Crippen LogP contribution is 2.29. The molecule has 114 valence electrons. The summed E-state index contributed by atoms with van der Waals surface area (Å²) in [5, 5.41) is 2.53. The van der Waals surface area contributed by atoms with Crippen molar-refractivity contribution in [3.8, 4) is 5.75 Å². The van der Waals surface area contributed by atoms with Gasteiger partial charge in [0.15, 0.2) is 0 Å². The van der Waals surface area contributed by atoms with Crippen molar-refractivity contribution in [3.63, 3.8) is 0 Å². The third-order valence-corrected chi connectivity index (χ3v) is 3.99. The molecule has 0 heterocycles. The lowest BCUT2D eigenvalue weighted by molar-refractivity contribution is 0.303. The molecule has 2 aromatic carbocycles. The summed E-state index contributed by atoms with van der Waals surface area (Å²) in [4.78, 5) is 0. The largest absolute Gasteiger partial charge is 0.493 e. The summed E-state index contributed by atoms with van der Waals surface area (Å²) in [5.41, 5.74) is 7.45. The van der Waals surface area contributed by atoms with Crippen LogP contribution in [0.15, 0.2) is 36.4 Å². The normalized spacial score (nSPS) is 12.5. The van der Waals surface area contributed by atoms with E-state index in [1.54, 1.807) is 0 Å². The first kappa shape index (κ1) is 15.8. The first-order valence-corrected chi connectivity index (χ1v) is 8.15. The van der Waals surface area contributed by atoms with E-state index in [1.807, 2.05) is 0 Å². The third-order valence-electron chi connectivity index (χ3n) is 3.99. The monoisotopic (exact) mass is 285 g/mol. The second kappa shape index (κ2) is 8.04. The van der Waals surface area contributed by atoms with Crippen LogP contribution in [0.25, 0.3) is 10.8 Å². The van der Waals surface area contributed by atoms with Crippen LogP contribution in [0.3, 0.4) is 0 Å². The number of rotatable bonds is 8. The van der Waals surface area contributed by atoms with Crippen molar-refractivity contribution in [1.82, 2.24) is 0 Å². The Labute approximate surface area is 128 Å². The van der Waals surface area contributed by atoms with Crippen LogP contribution in [0.1, 0.15) is 45.1 Å². The van der Waals surface area contributed by atoms with Gasteiger partial charge in [0.05, 0.1) is 6.61 Å². The fourth-order valence-corrected chi connectivity index (χ4v) is 2.60. The first-order chi connectivity index (χ1) is 10.3. The fraction of sp³-hybridized carbons (Fsp3) is 0.474. The van der Waals surface area contributed by atoms with E-state index in [9.17, 15) is 0 Å². The van der Waals surface area contributed by atoms with Gasteiger partial charge < -0.3 is 10.5 Å². The summed E-state index contributed by atoms with van der Waals surface area (Å²) < 4.78 is 6.04. The second-order valence-electron chi connectivity index (χ2n) is 5.69. The smallest absolute Gasteiger partial charge is 0.123 e. The van der Waals surface area contributed by atoms with Crippen LogP contribution < -0.4 is 10.5 Å². The SMILES string of the molecule is CCCCCOc1ccc2ccccc2c1CC(N)CC. The highest BCUT2D eigenvalue weighted by molar-refractivity contribution is 5.87. The zero-order chi connectivity index (χ0) is 15.1. The van der Waals surface area contributed by atoms with Gasteiger partial charge in [-0.2, -0.15) is 0 Å².